The lowest BCUT2D eigenvalue weighted by atomic mass is 9.99. The molecular formula is C13H20N2O3S. The van der Waals surface area contributed by atoms with Gasteiger partial charge in [0, 0.05) is 19.1 Å². The summed E-state index contributed by atoms with van der Waals surface area (Å²) in [5.41, 5.74) is 5.91. The van der Waals surface area contributed by atoms with Crippen LogP contribution in [0.3, 0.4) is 0 Å². The number of rotatable bonds is 3. The molecule has 5 nitrogen and oxygen atoms in total. The van der Waals surface area contributed by atoms with Crippen molar-refractivity contribution in [2.75, 3.05) is 20.2 Å². The topological polar surface area (TPSA) is 72.6 Å². The maximum absolute atomic E-state index is 12.5. The Morgan fingerprint density at radius 2 is 1.89 bits per heavy atom. The zero-order valence-electron chi connectivity index (χ0n) is 11.2. The SMILES string of the molecule is COc1ccc(S(=O)(=O)N2CC(C)CC(N)C2)cc1. The fraction of sp³-hybridized carbons (Fsp3) is 0.538. The quantitative estimate of drug-likeness (QED) is 0.900. The number of piperidine rings is 1. The highest BCUT2D eigenvalue weighted by atomic mass is 32.2. The van der Waals surface area contributed by atoms with Crippen molar-refractivity contribution in [1.82, 2.24) is 4.31 Å². The van der Waals surface area contributed by atoms with Crippen molar-refractivity contribution in [3.8, 4) is 5.75 Å². The van der Waals surface area contributed by atoms with Crippen molar-refractivity contribution < 1.29 is 13.2 Å². The lowest BCUT2D eigenvalue weighted by Gasteiger charge is -2.33. The van der Waals surface area contributed by atoms with Gasteiger partial charge in [0.2, 0.25) is 10.0 Å². The van der Waals surface area contributed by atoms with E-state index in [9.17, 15) is 8.42 Å². The summed E-state index contributed by atoms with van der Waals surface area (Å²) in [4.78, 5) is 0.287. The number of benzene rings is 1. The van der Waals surface area contributed by atoms with Gasteiger partial charge in [-0.3, -0.25) is 0 Å². The van der Waals surface area contributed by atoms with Crippen LogP contribution in [-0.4, -0.2) is 39.0 Å². The summed E-state index contributed by atoms with van der Waals surface area (Å²) >= 11 is 0. The van der Waals surface area contributed by atoms with Gasteiger partial charge in [-0.15, -0.1) is 0 Å². The van der Waals surface area contributed by atoms with E-state index in [1.165, 1.54) is 4.31 Å². The Balaban J connectivity index is 2.25. The highest BCUT2D eigenvalue weighted by Crippen LogP contribution is 2.24. The molecule has 1 aromatic rings. The second-order valence-corrected chi connectivity index (χ2v) is 7.04. The first-order valence-electron chi connectivity index (χ1n) is 6.33. The highest BCUT2D eigenvalue weighted by molar-refractivity contribution is 7.89. The molecule has 1 fully saturated rings. The van der Waals surface area contributed by atoms with Crippen molar-refractivity contribution in [2.45, 2.75) is 24.3 Å². The zero-order chi connectivity index (χ0) is 14.0. The van der Waals surface area contributed by atoms with Crippen LogP contribution < -0.4 is 10.5 Å². The molecule has 0 radical (unpaired) electrons. The molecule has 2 N–H and O–H groups in total. The number of nitrogens with two attached hydrogens (primary N) is 1. The molecule has 1 saturated heterocycles. The average molecular weight is 284 g/mol. The van der Waals surface area contributed by atoms with E-state index in [1.54, 1.807) is 31.4 Å². The van der Waals surface area contributed by atoms with E-state index in [2.05, 4.69) is 0 Å². The standard InChI is InChI=1S/C13H20N2O3S/c1-10-7-11(14)9-15(8-10)19(16,17)13-5-3-12(18-2)4-6-13/h3-6,10-11H,7-9,14H2,1-2H3. The molecule has 0 bridgehead atoms. The van der Waals surface area contributed by atoms with E-state index in [-0.39, 0.29) is 16.9 Å². The van der Waals surface area contributed by atoms with Crippen LogP contribution in [-0.2, 0) is 10.0 Å². The number of ether oxygens (including phenoxy) is 1. The molecule has 1 aliphatic rings. The van der Waals surface area contributed by atoms with E-state index in [4.69, 9.17) is 10.5 Å². The Bertz CT molecular complexity index is 517. The van der Waals surface area contributed by atoms with Gasteiger partial charge in [0.05, 0.1) is 12.0 Å². The molecular weight excluding hydrogens is 264 g/mol. The number of hydrogen-bond donors (Lipinski definition) is 1. The van der Waals surface area contributed by atoms with Gasteiger partial charge >= 0.3 is 0 Å². The highest BCUT2D eigenvalue weighted by Gasteiger charge is 2.31. The molecule has 1 aliphatic heterocycles. The van der Waals surface area contributed by atoms with Gasteiger partial charge in [-0.05, 0) is 36.6 Å². The van der Waals surface area contributed by atoms with E-state index >= 15 is 0 Å². The molecule has 6 heteroatoms. The van der Waals surface area contributed by atoms with Gasteiger partial charge < -0.3 is 10.5 Å². The summed E-state index contributed by atoms with van der Waals surface area (Å²) in [6, 6.07) is 6.36. The molecule has 2 atom stereocenters. The summed E-state index contributed by atoms with van der Waals surface area (Å²) in [6.45, 7) is 2.94. The van der Waals surface area contributed by atoms with Crippen LogP contribution in [0.4, 0.5) is 0 Å². The predicted molar refractivity (Wildman–Crippen MR) is 73.5 cm³/mol. The third-order valence-corrected chi connectivity index (χ3v) is 5.20. The number of hydrogen-bond acceptors (Lipinski definition) is 4. The first-order chi connectivity index (χ1) is 8.93. The zero-order valence-corrected chi connectivity index (χ0v) is 12.1. The summed E-state index contributed by atoms with van der Waals surface area (Å²) in [7, 11) is -1.90. The minimum Gasteiger partial charge on any atom is -0.497 e. The van der Waals surface area contributed by atoms with Crippen LogP contribution in [0.5, 0.6) is 5.75 Å². The third-order valence-electron chi connectivity index (χ3n) is 3.36. The van der Waals surface area contributed by atoms with Crippen molar-refractivity contribution in [3.05, 3.63) is 24.3 Å². The smallest absolute Gasteiger partial charge is 0.243 e. The van der Waals surface area contributed by atoms with Crippen LogP contribution in [0.15, 0.2) is 29.2 Å². The second-order valence-electron chi connectivity index (χ2n) is 5.10. The summed E-state index contributed by atoms with van der Waals surface area (Å²) in [5, 5.41) is 0. The lowest BCUT2D eigenvalue weighted by Crippen LogP contribution is -2.48. The Morgan fingerprint density at radius 3 is 2.42 bits per heavy atom. The van der Waals surface area contributed by atoms with Crippen molar-refractivity contribution >= 4 is 10.0 Å². The van der Waals surface area contributed by atoms with Gasteiger partial charge in [0.25, 0.3) is 0 Å². The molecule has 106 valence electrons. The van der Waals surface area contributed by atoms with Crippen LogP contribution in [0, 0.1) is 5.92 Å². The molecule has 0 aliphatic carbocycles. The monoisotopic (exact) mass is 284 g/mol. The van der Waals surface area contributed by atoms with Crippen molar-refractivity contribution in [1.29, 1.82) is 0 Å². The van der Waals surface area contributed by atoms with Crippen LogP contribution in [0.1, 0.15) is 13.3 Å². The van der Waals surface area contributed by atoms with Gasteiger partial charge in [-0.1, -0.05) is 6.92 Å². The van der Waals surface area contributed by atoms with Crippen molar-refractivity contribution in [3.63, 3.8) is 0 Å². The van der Waals surface area contributed by atoms with Gasteiger partial charge in [-0.2, -0.15) is 4.31 Å². The largest absolute Gasteiger partial charge is 0.497 e. The Labute approximate surface area is 114 Å². The van der Waals surface area contributed by atoms with Crippen LogP contribution in [0.2, 0.25) is 0 Å². The maximum Gasteiger partial charge on any atom is 0.243 e. The summed E-state index contributed by atoms with van der Waals surface area (Å²) < 4.78 is 31.5. The molecule has 0 spiro atoms. The van der Waals surface area contributed by atoms with Crippen LogP contribution >= 0.6 is 0 Å². The van der Waals surface area contributed by atoms with E-state index < -0.39 is 10.0 Å². The first-order valence-corrected chi connectivity index (χ1v) is 7.77. The lowest BCUT2D eigenvalue weighted by molar-refractivity contribution is 0.254. The van der Waals surface area contributed by atoms with Crippen LogP contribution in [0.25, 0.3) is 0 Å². The summed E-state index contributed by atoms with van der Waals surface area (Å²) in [5.74, 6) is 0.930. The average Bonchev–Trinajstić information content (AvgIpc) is 2.37. The van der Waals surface area contributed by atoms with E-state index in [0.29, 0.717) is 18.8 Å². The van der Waals surface area contributed by atoms with Gasteiger partial charge in [0.1, 0.15) is 5.75 Å². The maximum atomic E-state index is 12.5. The molecule has 1 heterocycles. The fourth-order valence-electron chi connectivity index (χ4n) is 2.44. The normalized spacial score (nSPS) is 25.2. The molecule has 19 heavy (non-hydrogen) atoms. The van der Waals surface area contributed by atoms with E-state index in [0.717, 1.165) is 6.42 Å². The Kier molecular flexibility index (Phi) is 4.13. The second kappa shape index (κ2) is 5.48. The van der Waals surface area contributed by atoms with Gasteiger partial charge in [-0.25, -0.2) is 8.42 Å². The molecule has 2 rings (SSSR count). The predicted octanol–water partition coefficient (Wildman–Crippen LogP) is 1.05. The molecule has 0 aromatic heterocycles. The fourth-order valence-corrected chi connectivity index (χ4v) is 4.06. The number of nitrogens with zero attached hydrogens (tertiary/aromatic N) is 1. The molecule has 2 unspecified atom stereocenters. The third kappa shape index (κ3) is 3.08. The minimum absolute atomic E-state index is 0.0863. The first kappa shape index (κ1) is 14.3. The van der Waals surface area contributed by atoms with Crippen molar-refractivity contribution in [2.24, 2.45) is 11.7 Å². The molecule has 0 saturated carbocycles. The number of methoxy groups -OCH3 is 1. The molecule has 0 amide bonds. The molecule has 1 aromatic carbocycles. The summed E-state index contributed by atoms with van der Waals surface area (Å²) in [6.07, 6.45) is 0.870. The number of sulfonamides is 1. The Morgan fingerprint density at radius 1 is 1.26 bits per heavy atom. The van der Waals surface area contributed by atoms with E-state index in [1.807, 2.05) is 6.92 Å². The van der Waals surface area contributed by atoms with Gasteiger partial charge in [0.15, 0.2) is 0 Å². The Hall–Kier alpha value is -1.11. The minimum atomic E-state index is -3.46.